The Labute approximate surface area is 278 Å². The van der Waals surface area contributed by atoms with Crippen LogP contribution in [0.1, 0.15) is 5.56 Å². The third-order valence-corrected chi connectivity index (χ3v) is 9.02. The lowest BCUT2D eigenvalue weighted by Crippen LogP contribution is -2.31. The molecule has 9 rings (SSSR count). The van der Waals surface area contributed by atoms with Gasteiger partial charge in [-0.25, -0.2) is 15.0 Å². The van der Waals surface area contributed by atoms with Crippen molar-refractivity contribution in [2.24, 2.45) is 5.92 Å². The molecule has 0 radical (unpaired) electrons. The van der Waals surface area contributed by atoms with Gasteiger partial charge in [0.05, 0.1) is 0 Å². The monoisotopic (exact) mass is 612 g/mol. The van der Waals surface area contributed by atoms with E-state index in [1.165, 1.54) is 10.8 Å². The molecular formula is C44H28N4. The van der Waals surface area contributed by atoms with Crippen LogP contribution >= 0.6 is 0 Å². The van der Waals surface area contributed by atoms with Gasteiger partial charge in [-0.05, 0) is 51.6 Å². The molecule has 1 atom stereocenters. The Kier molecular flexibility index (Phi) is 6.78. The van der Waals surface area contributed by atoms with Crippen LogP contribution in [0.3, 0.4) is 0 Å². The topological polar surface area (TPSA) is 51.6 Å². The maximum Gasteiger partial charge on any atom is 0.164 e. The highest BCUT2D eigenvalue weighted by Gasteiger charge is 2.24. The first kappa shape index (κ1) is 27.8. The Morgan fingerprint density at radius 1 is 0.521 bits per heavy atom. The first-order valence-electron chi connectivity index (χ1n) is 16.1. The number of benzene rings is 5. The van der Waals surface area contributed by atoms with Crippen LogP contribution in [0.15, 0.2) is 164 Å². The summed E-state index contributed by atoms with van der Waals surface area (Å²) in [4.78, 5) is 19.8. The number of rotatable bonds is 5. The average molecular weight is 613 g/mol. The molecule has 2 aliphatic rings. The van der Waals surface area contributed by atoms with Gasteiger partial charge < -0.3 is 0 Å². The van der Waals surface area contributed by atoms with Gasteiger partial charge >= 0.3 is 0 Å². The van der Waals surface area contributed by atoms with Gasteiger partial charge in [0.2, 0.25) is 0 Å². The lowest BCUT2D eigenvalue weighted by molar-refractivity contribution is 1.07. The van der Waals surface area contributed by atoms with E-state index in [2.05, 4.69) is 102 Å². The summed E-state index contributed by atoms with van der Waals surface area (Å²) in [5, 5.41) is 4.54. The van der Waals surface area contributed by atoms with Gasteiger partial charge in [0, 0.05) is 56.7 Å². The normalized spacial score (nSPS) is 14.6. The molecule has 2 aromatic heterocycles. The molecule has 0 saturated heterocycles. The van der Waals surface area contributed by atoms with Crippen LogP contribution in [0, 0.1) is 5.92 Å². The maximum absolute atomic E-state index is 5.10. The van der Waals surface area contributed by atoms with E-state index in [1.807, 2.05) is 73.1 Å². The first-order chi connectivity index (χ1) is 23.8. The molecule has 0 aliphatic heterocycles. The highest BCUT2D eigenvalue weighted by atomic mass is 15.0. The lowest BCUT2D eigenvalue weighted by Gasteiger charge is -2.23. The molecule has 2 heterocycles. The van der Waals surface area contributed by atoms with Gasteiger partial charge in [-0.15, -0.1) is 5.73 Å². The van der Waals surface area contributed by atoms with Crippen molar-refractivity contribution in [3.63, 3.8) is 0 Å². The van der Waals surface area contributed by atoms with Gasteiger partial charge in [0.15, 0.2) is 17.5 Å². The number of hydrogen-bond acceptors (Lipinski definition) is 4. The number of fused-ring (bicyclic) bond motifs is 3. The fourth-order valence-electron chi connectivity index (χ4n) is 6.72. The first-order valence-corrected chi connectivity index (χ1v) is 16.1. The third kappa shape index (κ3) is 4.98. The minimum atomic E-state index is 0.0664. The van der Waals surface area contributed by atoms with Gasteiger partial charge in [0.25, 0.3) is 0 Å². The summed E-state index contributed by atoms with van der Waals surface area (Å²) in [6, 6.07) is 43.8. The van der Waals surface area contributed by atoms with Crippen molar-refractivity contribution in [1.82, 2.24) is 19.9 Å². The van der Waals surface area contributed by atoms with Crippen LogP contribution in [0.4, 0.5) is 0 Å². The molecule has 5 aromatic carbocycles. The smallest absolute Gasteiger partial charge is 0.164 e. The van der Waals surface area contributed by atoms with Crippen LogP contribution in [0.5, 0.6) is 0 Å². The molecule has 224 valence electrons. The molecule has 4 heteroatoms. The maximum atomic E-state index is 5.10. The van der Waals surface area contributed by atoms with Crippen molar-refractivity contribution in [2.75, 3.05) is 0 Å². The second-order valence-electron chi connectivity index (χ2n) is 12.0. The molecule has 0 bridgehead atoms. The molecule has 0 amide bonds. The van der Waals surface area contributed by atoms with Crippen LogP contribution in [-0.2, 0) is 0 Å². The Morgan fingerprint density at radius 2 is 1.15 bits per heavy atom. The van der Waals surface area contributed by atoms with E-state index in [0.717, 1.165) is 54.9 Å². The number of aromatic nitrogens is 4. The minimum Gasteiger partial charge on any atom is -0.263 e. The number of pyridine rings is 1. The highest BCUT2D eigenvalue weighted by molar-refractivity contribution is 5.98. The lowest BCUT2D eigenvalue weighted by atomic mass is 9.80. The quantitative estimate of drug-likeness (QED) is 0.196. The van der Waals surface area contributed by atoms with E-state index < -0.39 is 0 Å². The van der Waals surface area contributed by atoms with E-state index in [0.29, 0.717) is 17.5 Å². The Balaban J connectivity index is 1.33. The van der Waals surface area contributed by atoms with Crippen LogP contribution in [0.25, 0.3) is 72.9 Å². The zero-order valence-corrected chi connectivity index (χ0v) is 26.0. The summed E-state index contributed by atoms with van der Waals surface area (Å²) in [7, 11) is 0. The fourth-order valence-corrected chi connectivity index (χ4v) is 6.72. The van der Waals surface area contributed by atoms with Crippen LogP contribution in [-0.4, -0.2) is 19.9 Å². The number of allylic oxidation sites excluding steroid dienone is 5. The van der Waals surface area contributed by atoms with E-state index in [-0.39, 0.29) is 5.92 Å². The van der Waals surface area contributed by atoms with E-state index in [1.54, 1.807) is 0 Å². The molecule has 48 heavy (non-hydrogen) atoms. The van der Waals surface area contributed by atoms with Crippen molar-refractivity contribution in [3.05, 3.63) is 180 Å². The van der Waals surface area contributed by atoms with Crippen molar-refractivity contribution in [3.8, 4) is 45.3 Å². The molecule has 2 aliphatic carbocycles. The molecule has 4 nitrogen and oxygen atoms in total. The van der Waals surface area contributed by atoms with E-state index >= 15 is 0 Å². The summed E-state index contributed by atoms with van der Waals surface area (Å²) in [6.07, 6.45) is 12.6. The highest BCUT2D eigenvalue weighted by Crippen LogP contribution is 2.39. The number of nitrogens with zero attached hydrogens (tertiary/aromatic N) is 4. The predicted molar refractivity (Wildman–Crippen MR) is 195 cm³/mol. The fraction of sp³-hybridized carbons (Fsp3) is 0.0227. The Hall–Kier alpha value is -6.48. The summed E-state index contributed by atoms with van der Waals surface area (Å²) in [6.45, 7) is 0. The second-order valence-corrected chi connectivity index (χ2v) is 12.0. The van der Waals surface area contributed by atoms with E-state index in [9.17, 15) is 0 Å². The molecule has 1 unspecified atom stereocenters. The van der Waals surface area contributed by atoms with Gasteiger partial charge in [-0.2, -0.15) is 0 Å². The predicted octanol–water partition coefficient (Wildman–Crippen LogP) is 8.46. The van der Waals surface area contributed by atoms with Crippen molar-refractivity contribution in [2.45, 2.75) is 0 Å². The average Bonchev–Trinajstić information content (AvgIpc) is 3.17. The molecular weight excluding hydrogens is 585 g/mol. The standard InChI is InChI=1S/C44H28N4/c1-3-13-29(14-4-1)42-46-43(30-15-5-2-6-16-30)48-44(47-42)35-24-33(23-34(25-35)41-28-45-27-32-18-8-10-20-37(32)41)40-26-31-17-7-9-19-36(31)38-21-11-12-22-39(38)40/h1-25,27-28,39H. The van der Waals surface area contributed by atoms with Gasteiger partial charge in [-0.1, -0.05) is 127 Å². The summed E-state index contributed by atoms with van der Waals surface area (Å²) >= 11 is 0. The van der Waals surface area contributed by atoms with Gasteiger partial charge in [-0.3, -0.25) is 4.98 Å². The molecule has 0 fully saturated rings. The molecule has 0 spiro atoms. The van der Waals surface area contributed by atoms with Crippen LogP contribution < -0.4 is 10.4 Å². The Morgan fingerprint density at radius 3 is 1.92 bits per heavy atom. The summed E-state index contributed by atoms with van der Waals surface area (Å²) < 4.78 is 0. The summed E-state index contributed by atoms with van der Waals surface area (Å²) in [5.41, 5.74) is 12.1. The Bertz CT molecular complexity index is 2530. The second kappa shape index (κ2) is 11.7. The molecule has 0 N–H and O–H groups in total. The minimum absolute atomic E-state index is 0.0664. The molecule has 7 aromatic rings. The number of hydrogen-bond donors (Lipinski definition) is 0. The SMILES string of the molecule is C1=C(c2cc(-c3nc(-c4ccccc4)nc(-c4ccccc4)n3)cc(-c3cncc4ccccc34)c2)C2C=CC=CC2=c2ccccc2=1. The third-order valence-electron chi connectivity index (χ3n) is 9.02. The van der Waals surface area contributed by atoms with Crippen molar-refractivity contribution < 1.29 is 0 Å². The molecule has 0 saturated carbocycles. The van der Waals surface area contributed by atoms with Gasteiger partial charge in [0.1, 0.15) is 0 Å². The van der Waals surface area contributed by atoms with Crippen molar-refractivity contribution >= 4 is 27.6 Å². The zero-order valence-electron chi connectivity index (χ0n) is 26.0. The zero-order chi connectivity index (χ0) is 31.9. The van der Waals surface area contributed by atoms with Crippen molar-refractivity contribution in [1.29, 1.82) is 0 Å². The van der Waals surface area contributed by atoms with Crippen LogP contribution in [0.2, 0.25) is 0 Å². The van der Waals surface area contributed by atoms with E-state index in [4.69, 9.17) is 15.0 Å². The largest absolute Gasteiger partial charge is 0.263 e. The summed E-state index contributed by atoms with van der Waals surface area (Å²) in [5.74, 6) is 1.94.